The highest BCUT2D eigenvalue weighted by Crippen LogP contribution is 2.37. The van der Waals surface area contributed by atoms with Crippen LogP contribution in [0.2, 0.25) is 0 Å². The second kappa shape index (κ2) is 8.77. The monoisotopic (exact) mass is 391 g/mol. The lowest BCUT2D eigenvalue weighted by atomic mass is 9.85. The molecule has 1 heterocycles. The van der Waals surface area contributed by atoms with E-state index in [1.54, 1.807) is 0 Å². The summed E-state index contributed by atoms with van der Waals surface area (Å²) in [5.74, 6) is -0.517. The largest absolute Gasteiger partial charge is 0.325 e. The molecule has 2 amide bonds. The lowest BCUT2D eigenvalue weighted by Crippen LogP contribution is -2.31. The number of carbonyl (C=O) groups is 2. The second-order valence-corrected chi connectivity index (χ2v) is 7.70. The summed E-state index contributed by atoms with van der Waals surface area (Å²) in [6.45, 7) is 3.95. The van der Waals surface area contributed by atoms with Crippen LogP contribution in [0.5, 0.6) is 0 Å². The van der Waals surface area contributed by atoms with Gasteiger partial charge in [-0.25, -0.2) is 0 Å². The van der Waals surface area contributed by atoms with Gasteiger partial charge in [-0.15, -0.1) is 0 Å². The number of nitrogens with one attached hydrogen (secondary N) is 2. The van der Waals surface area contributed by atoms with Crippen molar-refractivity contribution in [1.29, 1.82) is 5.26 Å². The van der Waals surface area contributed by atoms with Crippen molar-refractivity contribution in [2.45, 2.75) is 26.2 Å². The van der Waals surface area contributed by atoms with E-state index in [4.69, 9.17) is 0 Å². The molecule has 0 aromatic heterocycles. The Hall–Kier alpha value is -3.04. The number of nitrogens with zero attached hydrogens (tertiary/aromatic N) is 1. The maximum atomic E-state index is 12.3. The van der Waals surface area contributed by atoms with Gasteiger partial charge in [0.05, 0.1) is 22.4 Å². The number of allylic oxidation sites excluding steroid dienone is 1. The SMILES string of the molecule is Cc1ccc(NC(=O)CSC2=C(C#N)[C@H](c3ccccc3C)CC(=O)N2)cc1. The van der Waals surface area contributed by atoms with E-state index in [2.05, 4.69) is 16.7 Å². The van der Waals surface area contributed by atoms with Gasteiger partial charge in [0, 0.05) is 18.0 Å². The number of thioether (sulfide) groups is 1. The molecule has 142 valence electrons. The van der Waals surface area contributed by atoms with Crippen LogP contribution in [0.3, 0.4) is 0 Å². The average Bonchev–Trinajstić information content (AvgIpc) is 2.68. The van der Waals surface area contributed by atoms with Gasteiger partial charge in [0.15, 0.2) is 0 Å². The van der Waals surface area contributed by atoms with Gasteiger partial charge in [-0.05, 0) is 37.1 Å². The number of nitriles is 1. The van der Waals surface area contributed by atoms with E-state index in [1.165, 1.54) is 11.8 Å². The van der Waals surface area contributed by atoms with Gasteiger partial charge < -0.3 is 10.6 Å². The summed E-state index contributed by atoms with van der Waals surface area (Å²) < 4.78 is 0. The van der Waals surface area contributed by atoms with Crippen molar-refractivity contribution in [1.82, 2.24) is 5.32 Å². The minimum atomic E-state index is -0.289. The number of anilines is 1. The van der Waals surface area contributed by atoms with Crippen molar-refractivity contribution in [2.75, 3.05) is 11.1 Å². The predicted molar refractivity (Wildman–Crippen MR) is 112 cm³/mol. The first-order valence-electron chi connectivity index (χ1n) is 8.97. The van der Waals surface area contributed by atoms with Gasteiger partial charge in [0.1, 0.15) is 0 Å². The zero-order chi connectivity index (χ0) is 20.1. The Labute approximate surface area is 168 Å². The van der Waals surface area contributed by atoms with Crippen molar-refractivity contribution in [2.24, 2.45) is 0 Å². The quantitative estimate of drug-likeness (QED) is 0.807. The summed E-state index contributed by atoms with van der Waals surface area (Å²) in [6, 6.07) is 17.5. The summed E-state index contributed by atoms with van der Waals surface area (Å²) in [7, 11) is 0. The third-order valence-corrected chi connectivity index (χ3v) is 5.62. The molecule has 0 bridgehead atoms. The highest BCUT2D eigenvalue weighted by Gasteiger charge is 2.30. The zero-order valence-corrected chi connectivity index (χ0v) is 16.6. The molecule has 5 nitrogen and oxygen atoms in total. The molecule has 0 saturated heterocycles. The normalized spacial score (nSPS) is 16.3. The van der Waals surface area contributed by atoms with Crippen LogP contribution in [-0.2, 0) is 9.59 Å². The van der Waals surface area contributed by atoms with Crippen LogP contribution in [0.25, 0.3) is 0 Å². The van der Waals surface area contributed by atoms with Crippen molar-refractivity contribution >= 4 is 29.3 Å². The number of aryl methyl sites for hydroxylation is 2. The van der Waals surface area contributed by atoms with E-state index in [0.717, 1.165) is 22.4 Å². The molecular weight excluding hydrogens is 370 g/mol. The van der Waals surface area contributed by atoms with Gasteiger partial charge in [0.2, 0.25) is 11.8 Å². The Morgan fingerprint density at radius 3 is 2.61 bits per heavy atom. The van der Waals surface area contributed by atoms with E-state index in [9.17, 15) is 14.9 Å². The Balaban J connectivity index is 1.76. The fourth-order valence-electron chi connectivity index (χ4n) is 3.15. The molecule has 1 aliphatic rings. The van der Waals surface area contributed by atoms with Gasteiger partial charge >= 0.3 is 0 Å². The zero-order valence-electron chi connectivity index (χ0n) is 15.8. The van der Waals surface area contributed by atoms with Crippen LogP contribution in [0, 0.1) is 25.2 Å². The van der Waals surface area contributed by atoms with Crippen LogP contribution in [0.4, 0.5) is 5.69 Å². The molecule has 1 atom stereocenters. The molecule has 3 rings (SSSR count). The van der Waals surface area contributed by atoms with Gasteiger partial charge in [-0.3, -0.25) is 9.59 Å². The molecule has 1 aliphatic heterocycles. The van der Waals surface area contributed by atoms with Crippen molar-refractivity contribution in [3.8, 4) is 6.07 Å². The van der Waals surface area contributed by atoms with E-state index < -0.39 is 0 Å². The molecule has 0 unspecified atom stereocenters. The number of rotatable bonds is 5. The third kappa shape index (κ3) is 4.62. The minimum absolute atomic E-state index is 0.106. The summed E-state index contributed by atoms with van der Waals surface area (Å²) in [4.78, 5) is 24.5. The highest BCUT2D eigenvalue weighted by molar-refractivity contribution is 8.03. The fourth-order valence-corrected chi connectivity index (χ4v) is 4.03. The Bertz CT molecular complexity index is 974. The molecule has 6 heteroatoms. The number of carbonyl (C=O) groups excluding carboxylic acids is 2. The molecular formula is C22H21N3O2S. The topological polar surface area (TPSA) is 82.0 Å². The van der Waals surface area contributed by atoms with E-state index >= 15 is 0 Å². The first kappa shape index (κ1) is 19.7. The second-order valence-electron chi connectivity index (χ2n) is 6.72. The molecule has 0 radical (unpaired) electrons. The minimum Gasteiger partial charge on any atom is -0.325 e. The van der Waals surface area contributed by atoms with Crippen LogP contribution >= 0.6 is 11.8 Å². The molecule has 0 aliphatic carbocycles. The lowest BCUT2D eigenvalue weighted by molar-refractivity contribution is -0.121. The predicted octanol–water partition coefficient (Wildman–Crippen LogP) is 4.01. The number of benzene rings is 2. The van der Waals surface area contributed by atoms with Crippen LogP contribution < -0.4 is 10.6 Å². The molecule has 28 heavy (non-hydrogen) atoms. The average molecular weight is 391 g/mol. The Morgan fingerprint density at radius 1 is 1.21 bits per heavy atom. The first-order valence-corrected chi connectivity index (χ1v) is 9.95. The van der Waals surface area contributed by atoms with E-state index in [-0.39, 0.29) is 29.9 Å². The maximum absolute atomic E-state index is 12.3. The number of amides is 2. The molecule has 2 N–H and O–H groups in total. The van der Waals surface area contributed by atoms with Crippen LogP contribution in [0.1, 0.15) is 29.0 Å². The van der Waals surface area contributed by atoms with Gasteiger partial charge in [-0.2, -0.15) is 5.26 Å². The maximum Gasteiger partial charge on any atom is 0.234 e. The number of hydrogen-bond donors (Lipinski definition) is 2. The lowest BCUT2D eigenvalue weighted by Gasteiger charge is -2.26. The first-order chi connectivity index (χ1) is 13.5. The molecule has 2 aromatic carbocycles. The molecule has 0 spiro atoms. The van der Waals surface area contributed by atoms with Crippen molar-refractivity contribution in [3.05, 3.63) is 75.8 Å². The van der Waals surface area contributed by atoms with Crippen molar-refractivity contribution in [3.63, 3.8) is 0 Å². The van der Waals surface area contributed by atoms with Crippen LogP contribution in [-0.4, -0.2) is 17.6 Å². The smallest absolute Gasteiger partial charge is 0.234 e. The molecule has 0 fully saturated rings. The highest BCUT2D eigenvalue weighted by atomic mass is 32.2. The Kier molecular flexibility index (Phi) is 6.17. The summed E-state index contributed by atoms with van der Waals surface area (Å²) in [6.07, 6.45) is 0.230. The van der Waals surface area contributed by atoms with E-state index in [0.29, 0.717) is 10.6 Å². The number of hydrogen-bond acceptors (Lipinski definition) is 4. The fraction of sp³-hybridized carbons (Fsp3) is 0.227. The van der Waals surface area contributed by atoms with Crippen LogP contribution in [0.15, 0.2) is 59.1 Å². The standard InChI is InChI=1S/C22H21N3O2S/c1-14-7-9-16(10-8-14)24-21(27)13-28-22-19(12-23)18(11-20(26)25-22)17-6-4-3-5-15(17)2/h3-10,18H,11,13H2,1-2H3,(H,24,27)(H,25,26)/t18-/m0/s1. The third-order valence-electron chi connectivity index (χ3n) is 4.60. The molecule has 2 aromatic rings. The summed E-state index contributed by atoms with van der Waals surface area (Å²) in [5.41, 5.74) is 4.34. The summed E-state index contributed by atoms with van der Waals surface area (Å²) in [5, 5.41) is 15.8. The van der Waals surface area contributed by atoms with Gasteiger partial charge in [0.25, 0.3) is 0 Å². The summed E-state index contributed by atoms with van der Waals surface area (Å²) >= 11 is 1.18. The van der Waals surface area contributed by atoms with Crippen molar-refractivity contribution < 1.29 is 9.59 Å². The molecule has 0 saturated carbocycles. The van der Waals surface area contributed by atoms with E-state index in [1.807, 2.05) is 62.4 Å². The Morgan fingerprint density at radius 2 is 1.93 bits per heavy atom. The van der Waals surface area contributed by atoms with Gasteiger partial charge in [-0.1, -0.05) is 53.7 Å².